The first-order valence-electron chi connectivity index (χ1n) is 8.40. The van der Waals surface area contributed by atoms with E-state index >= 15 is 0 Å². The lowest BCUT2D eigenvalue weighted by Crippen LogP contribution is -2.11. The third kappa shape index (κ3) is 3.84. The first-order chi connectivity index (χ1) is 13.6. The van der Waals surface area contributed by atoms with Gasteiger partial charge in [-0.3, -0.25) is 4.79 Å². The second kappa shape index (κ2) is 7.73. The number of furan rings is 1. The third-order valence-corrected chi connectivity index (χ3v) is 5.04. The van der Waals surface area contributed by atoms with Gasteiger partial charge in [0.25, 0.3) is 5.91 Å². The number of anilines is 1. The molecule has 0 aliphatic carbocycles. The van der Waals surface area contributed by atoms with Crippen molar-refractivity contribution in [2.45, 2.75) is 10.9 Å². The van der Waals surface area contributed by atoms with Gasteiger partial charge in [0.05, 0.1) is 5.75 Å². The summed E-state index contributed by atoms with van der Waals surface area (Å²) in [5, 5.41) is 7.49. The normalized spacial score (nSPS) is 10.9. The van der Waals surface area contributed by atoms with E-state index in [0.717, 1.165) is 5.16 Å². The zero-order valence-electron chi connectivity index (χ0n) is 14.9. The molecule has 0 unspecified atom stereocenters. The first-order valence-corrected chi connectivity index (χ1v) is 9.38. The molecule has 0 spiro atoms. The molecule has 3 aromatic heterocycles. The number of nitrogens with zero attached hydrogens (tertiary/aromatic N) is 4. The van der Waals surface area contributed by atoms with Gasteiger partial charge in [0.1, 0.15) is 11.4 Å². The van der Waals surface area contributed by atoms with Crippen LogP contribution in [0.5, 0.6) is 0 Å². The average molecular weight is 397 g/mol. The van der Waals surface area contributed by atoms with Crippen LogP contribution in [0.4, 0.5) is 10.1 Å². The molecule has 4 aromatic rings. The smallest absolute Gasteiger partial charge is 0.291 e. The van der Waals surface area contributed by atoms with Gasteiger partial charge in [-0.05, 0) is 36.4 Å². The number of imidazole rings is 1. The Morgan fingerprint density at radius 3 is 2.86 bits per heavy atom. The van der Waals surface area contributed by atoms with Gasteiger partial charge < -0.3 is 14.3 Å². The van der Waals surface area contributed by atoms with E-state index in [-0.39, 0.29) is 5.76 Å². The van der Waals surface area contributed by atoms with E-state index in [0.29, 0.717) is 22.9 Å². The zero-order valence-corrected chi connectivity index (χ0v) is 15.7. The largest absolute Gasteiger partial charge is 0.455 e. The Hall–Kier alpha value is -3.33. The summed E-state index contributed by atoms with van der Waals surface area (Å²) < 4.78 is 23.2. The minimum atomic E-state index is -0.492. The summed E-state index contributed by atoms with van der Waals surface area (Å²) in [5.74, 6) is 0.420. The molecular formula is C19H16FN5O2S. The second-order valence-electron chi connectivity index (χ2n) is 5.95. The van der Waals surface area contributed by atoms with E-state index < -0.39 is 11.7 Å². The van der Waals surface area contributed by atoms with Crippen LogP contribution in [-0.2, 0) is 12.8 Å². The molecule has 4 rings (SSSR count). The molecule has 0 aliphatic heterocycles. The van der Waals surface area contributed by atoms with Crippen LogP contribution in [0.3, 0.4) is 0 Å². The number of halogens is 1. The van der Waals surface area contributed by atoms with E-state index in [2.05, 4.69) is 15.4 Å². The molecule has 9 heteroatoms. The quantitative estimate of drug-likeness (QED) is 0.500. The lowest BCUT2D eigenvalue weighted by Gasteiger charge is -2.07. The summed E-state index contributed by atoms with van der Waals surface area (Å²) in [4.78, 5) is 16.6. The summed E-state index contributed by atoms with van der Waals surface area (Å²) >= 11 is 1.51. The summed E-state index contributed by atoms with van der Waals surface area (Å²) in [6.45, 7) is 0. The highest BCUT2D eigenvalue weighted by Gasteiger charge is 2.14. The van der Waals surface area contributed by atoms with Gasteiger partial charge in [-0.15, -0.1) is 0 Å². The van der Waals surface area contributed by atoms with Crippen LogP contribution in [0.25, 0.3) is 5.69 Å². The van der Waals surface area contributed by atoms with E-state index in [1.165, 1.54) is 22.5 Å². The number of carbonyl (C=O) groups is 1. The standard InChI is InChI=1S/C19H16FN5O2S/c1-24-10-8-21-19(24)28-12-14-4-6-17(27-14)18(26)23-13-3-5-16(15(20)11-13)25-9-2-7-22-25/h2-11H,12H2,1H3,(H,23,26). The minimum absolute atomic E-state index is 0.159. The Morgan fingerprint density at radius 2 is 2.14 bits per heavy atom. The van der Waals surface area contributed by atoms with E-state index in [4.69, 9.17) is 4.42 Å². The molecule has 0 bridgehead atoms. The van der Waals surface area contributed by atoms with Crippen molar-refractivity contribution in [2.24, 2.45) is 7.05 Å². The highest BCUT2D eigenvalue weighted by molar-refractivity contribution is 7.98. The fraction of sp³-hybridized carbons (Fsp3) is 0.105. The van der Waals surface area contributed by atoms with E-state index in [9.17, 15) is 9.18 Å². The summed E-state index contributed by atoms with van der Waals surface area (Å²) in [6, 6.07) is 9.45. The lowest BCUT2D eigenvalue weighted by atomic mass is 10.2. The molecule has 7 nitrogen and oxygen atoms in total. The number of aryl methyl sites for hydroxylation is 1. The van der Waals surface area contributed by atoms with Crippen molar-refractivity contribution in [2.75, 3.05) is 5.32 Å². The number of aromatic nitrogens is 4. The van der Waals surface area contributed by atoms with Gasteiger partial charge in [-0.2, -0.15) is 5.10 Å². The van der Waals surface area contributed by atoms with Crippen LogP contribution in [0.1, 0.15) is 16.3 Å². The van der Waals surface area contributed by atoms with Gasteiger partial charge in [-0.25, -0.2) is 14.1 Å². The van der Waals surface area contributed by atoms with Crippen LogP contribution < -0.4 is 5.32 Å². The van der Waals surface area contributed by atoms with Gasteiger partial charge in [0.15, 0.2) is 16.7 Å². The van der Waals surface area contributed by atoms with Crippen molar-refractivity contribution in [3.05, 3.63) is 78.5 Å². The van der Waals surface area contributed by atoms with Crippen molar-refractivity contribution < 1.29 is 13.6 Å². The number of hydrogen-bond donors (Lipinski definition) is 1. The summed E-state index contributed by atoms with van der Waals surface area (Å²) in [5.41, 5.74) is 0.633. The maximum absolute atomic E-state index is 14.3. The number of carbonyl (C=O) groups excluding carboxylic acids is 1. The predicted molar refractivity (Wildman–Crippen MR) is 103 cm³/mol. The molecule has 0 saturated heterocycles. The maximum atomic E-state index is 14.3. The van der Waals surface area contributed by atoms with Crippen molar-refractivity contribution in [1.29, 1.82) is 0 Å². The van der Waals surface area contributed by atoms with E-state index in [1.54, 1.807) is 48.9 Å². The molecular weight excluding hydrogens is 381 g/mol. The van der Waals surface area contributed by atoms with Crippen LogP contribution in [0.2, 0.25) is 0 Å². The Kier molecular flexibility index (Phi) is 4.98. The lowest BCUT2D eigenvalue weighted by molar-refractivity contribution is 0.0995. The minimum Gasteiger partial charge on any atom is -0.455 e. The average Bonchev–Trinajstić information content (AvgIpc) is 3.42. The Labute approximate surface area is 164 Å². The van der Waals surface area contributed by atoms with Crippen molar-refractivity contribution >= 4 is 23.4 Å². The SMILES string of the molecule is Cn1ccnc1SCc1ccc(C(=O)Nc2ccc(-n3cccn3)c(F)c2)o1. The summed E-state index contributed by atoms with van der Waals surface area (Å²) in [6.07, 6.45) is 6.79. The van der Waals surface area contributed by atoms with Gasteiger partial charge in [0, 0.05) is 37.5 Å². The monoisotopic (exact) mass is 397 g/mol. The third-order valence-electron chi connectivity index (χ3n) is 3.96. The highest BCUT2D eigenvalue weighted by atomic mass is 32.2. The fourth-order valence-electron chi connectivity index (χ4n) is 2.58. The fourth-order valence-corrected chi connectivity index (χ4v) is 3.41. The Morgan fingerprint density at radius 1 is 1.25 bits per heavy atom. The van der Waals surface area contributed by atoms with Crippen LogP contribution in [-0.4, -0.2) is 25.2 Å². The molecule has 1 N–H and O–H groups in total. The van der Waals surface area contributed by atoms with E-state index in [1.807, 2.05) is 17.8 Å². The molecule has 0 radical (unpaired) electrons. The number of thioether (sulfide) groups is 1. The zero-order chi connectivity index (χ0) is 19.5. The molecule has 1 aromatic carbocycles. The van der Waals surface area contributed by atoms with Crippen LogP contribution in [0.15, 0.2) is 70.8 Å². The molecule has 28 heavy (non-hydrogen) atoms. The Balaban J connectivity index is 1.41. The molecule has 0 fully saturated rings. The molecule has 142 valence electrons. The number of rotatable bonds is 6. The van der Waals surface area contributed by atoms with Crippen molar-refractivity contribution in [3.8, 4) is 5.69 Å². The summed E-state index contributed by atoms with van der Waals surface area (Å²) in [7, 11) is 1.91. The van der Waals surface area contributed by atoms with Crippen molar-refractivity contribution in [3.63, 3.8) is 0 Å². The topological polar surface area (TPSA) is 77.9 Å². The van der Waals surface area contributed by atoms with Crippen molar-refractivity contribution in [1.82, 2.24) is 19.3 Å². The van der Waals surface area contributed by atoms with Crippen LogP contribution in [0, 0.1) is 5.82 Å². The van der Waals surface area contributed by atoms with Gasteiger partial charge in [0.2, 0.25) is 0 Å². The maximum Gasteiger partial charge on any atom is 0.291 e. The molecule has 0 atom stereocenters. The number of nitrogens with one attached hydrogen (secondary N) is 1. The highest BCUT2D eigenvalue weighted by Crippen LogP contribution is 2.23. The number of benzene rings is 1. The molecule has 0 saturated carbocycles. The second-order valence-corrected chi connectivity index (χ2v) is 6.89. The van der Waals surface area contributed by atoms with Crippen LogP contribution >= 0.6 is 11.8 Å². The predicted octanol–water partition coefficient (Wildman–Crippen LogP) is 3.88. The number of hydrogen-bond acceptors (Lipinski definition) is 5. The first kappa shape index (κ1) is 18.1. The molecule has 1 amide bonds. The molecule has 0 aliphatic rings. The molecule has 3 heterocycles. The number of amides is 1. The van der Waals surface area contributed by atoms with Gasteiger partial charge >= 0.3 is 0 Å². The van der Waals surface area contributed by atoms with Gasteiger partial charge in [-0.1, -0.05) is 11.8 Å². The Bertz CT molecular complexity index is 1100.